The van der Waals surface area contributed by atoms with Crippen LogP contribution in [0, 0.1) is 0 Å². The molecule has 9 aromatic rings. The molecular weight excluding hydrogens is 741 g/mol. The minimum atomic E-state index is -0.556. The summed E-state index contributed by atoms with van der Waals surface area (Å²) in [7, 11) is 0. The highest BCUT2D eigenvalue weighted by molar-refractivity contribution is 6.02. The Hall–Kier alpha value is -7.62. The second-order valence-corrected chi connectivity index (χ2v) is 17.2. The Bertz CT molecular complexity index is 3250. The number of para-hydroxylation sites is 5. The quantitative estimate of drug-likeness (QED) is 0.177. The van der Waals surface area contributed by atoms with E-state index in [0.717, 1.165) is 39.9 Å². The molecule has 0 bridgehead atoms. The highest BCUT2D eigenvalue weighted by Crippen LogP contribution is 2.66. The fourth-order valence-electron chi connectivity index (χ4n) is 11.3. The van der Waals surface area contributed by atoms with E-state index >= 15 is 0 Å². The lowest BCUT2D eigenvalue weighted by molar-refractivity contribution is 0.477. The first-order chi connectivity index (χ1) is 30.0. The molecular formula is C58H40N2O. The van der Waals surface area contributed by atoms with Gasteiger partial charge in [-0.15, -0.1) is 0 Å². The van der Waals surface area contributed by atoms with Crippen molar-refractivity contribution < 1.29 is 4.74 Å². The van der Waals surface area contributed by atoms with Crippen LogP contribution in [0.4, 0.5) is 34.1 Å². The zero-order chi connectivity index (χ0) is 40.5. The average molecular weight is 781 g/mol. The first kappa shape index (κ1) is 34.3. The minimum Gasteiger partial charge on any atom is -0.453 e. The summed E-state index contributed by atoms with van der Waals surface area (Å²) in [4.78, 5) is 4.86. The Morgan fingerprint density at radius 2 is 0.934 bits per heavy atom. The standard InChI is InChI=1S/C58H40N2O/c1-57(2)45-22-9-6-19-40(45)42-33-31-38(35-49(42)57)59(37-17-4-3-5-18-37)53-28-16-25-48-56(53)44-21-8-11-24-47(44)58(48)46-23-10-7-20-41(46)43-34-32-39(36-50(43)58)60-51-26-12-14-29-54(51)61-55-30-15-13-27-52(55)60/h3-36H,1-2H3. The van der Waals surface area contributed by atoms with Gasteiger partial charge in [-0.2, -0.15) is 0 Å². The number of hydrogen-bond acceptors (Lipinski definition) is 3. The molecule has 1 atom stereocenters. The van der Waals surface area contributed by atoms with Crippen molar-refractivity contribution in [3.63, 3.8) is 0 Å². The summed E-state index contributed by atoms with van der Waals surface area (Å²) >= 11 is 0. The van der Waals surface area contributed by atoms with Gasteiger partial charge >= 0.3 is 0 Å². The molecule has 0 N–H and O–H groups in total. The number of anilines is 6. The molecule has 0 saturated heterocycles. The molecule has 0 fully saturated rings. The molecule has 4 aliphatic rings. The minimum absolute atomic E-state index is 0.129. The third-order valence-electron chi connectivity index (χ3n) is 13.8. The lowest BCUT2D eigenvalue weighted by atomic mass is 9.70. The van der Waals surface area contributed by atoms with E-state index < -0.39 is 5.41 Å². The SMILES string of the molecule is CC1(C)c2ccccc2-c2ccc(N(c3ccccc3)c3cccc4c3-c3ccccc3C43c4ccccc4-c4ccc(N5c6ccccc6Oc6ccccc65)cc43)cc21. The molecule has 1 heterocycles. The van der Waals surface area contributed by atoms with E-state index in [1.165, 1.54) is 72.4 Å². The van der Waals surface area contributed by atoms with Gasteiger partial charge in [-0.25, -0.2) is 0 Å². The van der Waals surface area contributed by atoms with Gasteiger partial charge in [0, 0.05) is 28.0 Å². The van der Waals surface area contributed by atoms with Gasteiger partial charge in [0.05, 0.1) is 22.5 Å². The second-order valence-electron chi connectivity index (χ2n) is 17.2. The van der Waals surface area contributed by atoms with E-state index in [2.05, 4.69) is 218 Å². The molecule has 3 aliphatic carbocycles. The van der Waals surface area contributed by atoms with Gasteiger partial charge in [-0.3, -0.25) is 0 Å². The molecule has 3 nitrogen and oxygen atoms in total. The zero-order valence-corrected chi connectivity index (χ0v) is 33.9. The van der Waals surface area contributed by atoms with Gasteiger partial charge in [0.1, 0.15) is 0 Å². The molecule has 0 radical (unpaired) electrons. The van der Waals surface area contributed by atoms with E-state index in [9.17, 15) is 0 Å². The summed E-state index contributed by atoms with van der Waals surface area (Å²) in [5.74, 6) is 1.70. The Kier molecular flexibility index (Phi) is 6.99. The van der Waals surface area contributed by atoms with Gasteiger partial charge in [0.15, 0.2) is 11.5 Å². The number of fused-ring (bicyclic) bond motifs is 15. The van der Waals surface area contributed by atoms with Crippen LogP contribution in [-0.4, -0.2) is 0 Å². The van der Waals surface area contributed by atoms with Gasteiger partial charge in [0.25, 0.3) is 0 Å². The molecule has 1 spiro atoms. The first-order valence-electron chi connectivity index (χ1n) is 21.3. The van der Waals surface area contributed by atoms with Crippen molar-refractivity contribution >= 4 is 34.1 Å². The molecule has 1 unspecified atom stereocenters. The topological polar surface area (TPSA) is 15.7 Å². The van der Waals surface area contributed by atoms with Crippen LogP contribution in [0.5, 0.6) is 11.5 Å². The molecule has 0 aromatic heterocycles. The number of ether oxygens (including phenoxy) is 1. The van der Waals surface area contributed by atoms with Crippen LogP contribution in [0.1, 0.15) is 47.2 Å². The van der Waals surface area contributed by atoms with Crippen LogP contribution in [0.15, 0.2) is 206 Å². The monoisotopic (exact) mass is 780 g/mol. The summed E-state index contributed by atoms with van der Waals surface area (Å²) < 4.78 is 6.47. The van der Waals surface area contributed by atoms with Crippen molar-refractivity contribution in [3.8, 4) is 44.9 Å². The first-order valence-corrected chi connectivity index (χ1v) is 21.3. The maximum atomic E-state index is 6.47. The number of hydrogen-bond donors (Lipinski definition) is 0. The van der Waals surface area contributed by atoms with Crippen LogP contribution in [0.25, 0.3) is 33.4 Å². The average Bonchev–Trinajstić information content (AvgIpc) is 3.87. The third-order valence-corrected chi connectivity index (χ3v) is 13.8. The lowest BCUT2D eigenvalue weighted by Gasteiger charge is -2.35. The fourth-order valence-corrected chi connectivity index (χ4v) is 11.3. The number of benzene rings is 9. The Morgan fingerprint density at radius 1 is 0.393 bits per heavy atom. The summed E-state index contributed by atoms with van der Waals surface area (Å²) in [5, 5.41) is 0. The van der Waals surface area contributed by atoms with E-state index in [1.807, 2.05) is 12.1 Å². The van der Waals surface area contributed by atoms with Crippen molar-refractivity contribution in [3.05, 3.63) is 240 Å². The summed E-state index contributed by atoms with van der Waals surface area (Å²) in [6.45, 7) is 4.73. The highest BCUT2D eigenvalue weighted by atomic mass is 16.5. The normalized spacial score (nSPS) is 16.3. The van der Waals surface area contributed by atoms with E-state index in [4.69, 9.17) is 4.74 Å². The molecule has 9 aromatic carbocycles. The van der Waals surface area contributed by atoms with Crippen LogP contribution in [0.3, 0.4) is 0 Å². The van der Waals surface area contributed by atoms with Gasteiger partial charge in [-0.05, 0) is 128 Å². The molecule has 0 amide bonds. The van der Waals surface area contributed by atoms with Crippen LogP contribution < -0.4 is 14.5 Å². The van der Waals surface area contributed by atoms with Crippen LogP contribution in [0.2, 0.25) is 0 Å². The van der Waals surface area contributed by atoms with Gasteiger partial charge < -0.3 is 14.5 Å². The summed E-state index contributed by atoms with van der Waals surface area (Å²) in [6.07, 6.45) is 0. The highest BCUT2D eigenvalue weighted by Gasteiger charge is 2.53. The van der Waals surface area contributed by atoms with Crippen molar-refractivity contribution in [1.82, 2.24) is 0 Å². The zero-order valence-electron chi connectivity index (χ0n) is 33.9. The number of rotatable bonds is 4. The van der Waals surface area contributed by atoms with E-state index in [1.54, 1.807) is 0 Å². The third kappa shape index (κ3) is 4.53. The summed E-state index contributed by atoms with van der Waals surface area (Å²) in [5.41, 5.74) is 21.6. The summed E-state index contributed by atoms with van der Waals surface area (Å²) in [6, 6.07) is 76.0. The molecule has 61 heavy (non-hydrogen) atoms. The molecule has 3 heteroatoms. The van der Waals surface area contributed by atoms with Crippen molar-refractivity contribution in [2.75, 3.05) is 9.80 Å². The van der Waals surface area contributed by atoms with Crippen LogP contribution >= 0.6 is 0 Å². The fraction of sp³-hybridized carbons (Fsp3) is 0.0690. The molecule has 288 valence electrons. The van der Waals surface area contributed by atoms with Crippen molar-refractivity contribution in [1.29, 1.82) is 0 Å². The van der Waals surface area contributed by atoms with Gasteiger partial charge in [0.2, 0.25) is 0 Å². The molecule has 1 aliphatic heterocycles. The lowest BCUT2D eigenvalue weighted by Crippen LogP contribution is -2.26. The van der Waals surface area contributed by atoms with Crippen LogP contribution in [-0.2, 0) is 10.8 Å². The second kappa shape index (κ2) is 12.5. The maximum Gasteiger partial charge on any atom is 0.151 e. The molecule has 0 saturated carbocycles. The van der Waals surface area contributed by atoms with E-state index in [-0.39, 0.29) is 5.41 Å². The predicted octanol–water partition coefficient (Wildman–Crippen LogP) is 15.4. The van der Waals surface area contributed by atoms with E-state index in [0.29, 0.717) is 0 Å². The molecule has 13 rings (SSSR count). The Morgan fingerprint density at radius 3 is 1.67 bits per heavy atom. The largest absolute Gasteiger partial charge is 0.453 e. The maximum absolute atomic E-state index is 6.47. The van der Waals surface area contributed by atoms with Crippen molar-refractivity contribution in [2.24, 2.45) is 0 Å². The number of nitrogens with zero attached hydrogens (tertiary/aromatic N) is 2. The smallest absolute Gasteiger partial charge is 0.151 e. The van der Waals surface area contributed by atoms with Gasteiger partial charge in [-0.1, -0.05) is 153 Å². The predicted molar refractivity (Wildman–Crippen MR) is 250 cm³/mol. The van der Waals surface area contributed by atoms with Crippen molar-refractivity contribution in [2.45, 2.75) is 24.7 Å². The Balaban J connectivity index is 1.07. The Labute approximate surface area is 356 Å².